The SMILES string of the molecule is Fc1ccccc1-c1nc(-c2cccnc2)c(C(F)(F)F)[nH]1. The number of halogens is 4. The lowest BCUT2D eigenvalue weighted by Crippen LogP contribution is -2.07. The van der Waals surface area contributed by atoms with E-state index >= 15 is 0 Å². The molecule has 3 aromatic rings. The van der Waals surface area contributed by atoms with E-state index in [2.05, 4.69) is 15.0 Å². The lowest BCUT2D eigenvalue weighted by molar-refractivity contribution is -0.140. The fraction of sp³-hybridized carbons (Fsp3) is 0.0667. The molecule has 7 heteroatoms. The molecule has 0 bridgehead atoms. The van der Waals surface area contributed by atoms with Crippen molar-refractivity contribution in [2.24, 2.45) is 0 Å². The van der Waals surface area contributed by atoms with Crippen LogP contribution in [0.3, 0.4) is 0 Å². The van der Waals surface area contributed by atoms with E-state index in [9.17, 15) is 17.6 Å². The molecular weight excluding hydrogens is 298 g/mol. The highest BCUT2D eigenvalue weighted by Crippen LogP contribution is 2.37. The Morgan fingerprint density at radius 1 is 1.00 bits per heavy atom. The summed E-state index contributed by atoms with van der Waals surface area (Å²) < 4.78 is 53.3. The van der Waals surface area contributed by atoms with E-state index in [1.807, 2.05) is 0 Å². The number of aromatic nitrogens is 3. The molecule has 1 N–H and O–H groups in total. The maximum absolute atomic E-state index is 13.8. The van der Waals surface area contributed by atoms with Crippen LogP contribution in [-0.4, -0.2) is 15.0 Å². The Balaban J connectivity index is 2.20. The summed E-state index contributed by atoms with van der Waals surface area (Å²) in [6, 6.07) is 8.47. The molecule has 112 valence electrons. The molecule has 3 nitrogen and oxygen atoms in total. The Kier molecular flexibility index (Phi) is 3.40. The molecule has 0 saturated heterocycles. The van der Waals surface area contributed by atoms with Gasteiger partial charge < -0.3 is 4.98 Å². The third-order valence-electron chi connectivity index (χ3n) is 3.05. The van der Waals surface area contributed by atoms with Gasteiger partial charge in [0, 0.05) is 18.0 Å². The minimum Gasteiger partial charge on any atom is -0.334 e. The number of H-pyrrole nitrogens is 1. The maximum atomic E-state index is 13.8. The molecule has 2 heterocycles. The van der Waals surface area contributed by atoms with Crippen LogP contribution in [0.1, 0.15) is 5.69 Å². The third-order valence-corrected chi connectivity index (χ3v) is 3.05. The number of pyridine rings is 1. The molecule has 2 aromatic heterocycles. The minimum atomic E-state index is -4.64. The molecule has 0 spiro atoms. The molecule has 0 unspecified atom stereocenters. The number of rotatable bonds is 2. The van der Waals surface area contributed by atoms with Gasteiger partial charge in [-0.15, -0.1) is 0 Å². The summed E-state index contributed by atoms with van der Waals surface area (Å²) in [5.74, 6) is -0.827. The highest BCUT2D eigenvalue weighted by Gasteiger charge is 2.37. The van der Waals surface area contributed by atoms with Crippen molar-refractivity contribution in [3.05, 3.63) is 60.3 Å². The smallest absolute Gasteiger partial charge is 0.334 e. The molecule has 0 aliphatic carbocycles. The van der Waals surface area contributed by atoms with Crippen molar-refractivity contribution in [2.75, 3.05) is 0 Å². The Morgan fingerprint density at radius 3 is 2.41 bits per heavy atom. The number of hydrogen-bond donors (Lipinski definition) is 1. The zero-order chi connectivity index (χ0) is 15.7. The van der Waals surface area contributed by atoms with Crippen molar-refractivity contribution in [1.82, 2.24) is 15.0 Å². The van der Waals surface area contributed by atoms with Gasteiger partial charge in [0.1, 0.15) is 23.0 Å². The minimum absolute atomic E-state index is 0.0249. The van der Waals surface area contributed by atoms with Crippen LogP contribution in [0.15, 0.2) is 48.8 Å². The molecule has 22 heavy (non-hydrogen) atoms. The molecule has 0 atom stereocenters. The molecule has 0 saturated carbocycles. The van der Waals surface area contributed by atoms with Crippen molar-refractivity contribution < 1.29 is 17.6 Å². The Bertz CT molecular complexity index is 794. The molecule has 3 rings (SSSR count). The van der Waals surface area contributed by atoms with Crippen LogP contribution in [0.4, 0.5) is 17.6 Å². The first-order chi connectivity index (χ1) is 10.5. The van der Waals surface area contributed by atoms with Crippen LogP contribution < -0.4 is 0 Å². The Hall–Kier alpha value is -2.70. The van der Waals surface area contributed by atoms with Crippen molar-refractivity contribution in [3.8, 4) is 22.6 Å². The van der Waals surface area contributed by atoms with Crippen molar-refractivity contribution in [1.29, 1.82) is 0 Å². The first-order valence-electron chi connectivity index (χ1n) is 6.29. The van der Waals surface area contributed by atoms with Gasteiger partial charge in [0.15, 0.2) is 0 Å². The first-order valence-corrected chi connectivity index (χ1v) is 6.29. The fourth-order valence-corrected chi connectivity index (χ4v) is 2.07. The third kappa shape index (κ3) is 2.57. The number of hydrogen-bond acceptors (Lipinski definition) is 2. The van der Waals surface area contributed by atoms with Crippen LogP contribution in [0.2, 0.25) is 0 Å². The summed E-state index contributed by atoms with van der Waals surface area (Å²) in [6.07, 6.45) is -1.92. The van der Waals surface area contributed by atoms with Gasteiger partial charge in [0.25, 0.3) is 0 Å². The monoisotopic (exact) mass is 307 g/mol. The fourth-order valence-electron chi connectivity index (χ4n) is 2.07. The number of alkyl halides is 3. The van der Waals surface area contributed by atoms with Gasteiger partial charge in [-0.1, -0.05) is 12.1 Å². The predicted molar refractivity (Wildman–Crippen MR) is 72.2 cm³/mol. The van der Waals surface area contributed by atoms with Gasteiger partial charge in [-0.25, -0.2) is 9.37 Å². The van der Waals surface area contributed by atoms with Gasteiger partial charge in [-0.3, -0.25) is 4.98 Å². The van der Waals surface area contributed by atoms with Crippen molar-refractivity contribution >= 4 is 0 Å². The highest BCUT2D eigenvalue weighted by molar-refractivity contribution is 5.67. The van der Waals surface area contributed by atoms with Crippen molar-refractivity contribution in [3.63, 3.8) is 0 Å². The Labute approximate surface area is 122 Å². The van der Waals surface area contributed by atoms with E-state index < -0.39 is 17.7 Å². The predicted octanol–water partition coefficient (Wildman–Crippen LogP) is 4.30. The molecule has 0 aliphatic rings. The second-order valence-electron chi connectivity index (χ2n) is 4.53. The van der Waals surface area contributed by atoms with Gasteiger partial charge >= 0.3 is 6.18 Å². The van der Waals surface area contributed by atoms with Crippen molar-refractivity contribution in [2.45, 2.75) is 6.18 Å². The summed E-state index contributed by atoms with van der Waals surface area (Å²) in [5.41, 5.74) is -1.16. The molecule has 0 fully saturated rings. The molecular formula is C15H9F4N3. The molecule has 0 amide bonds. The van der Waals surface area contributed by atoms with Crippen LogP contribution in [0.25, 0.3) is 22.6 Å². The zero-order valence-corrected chi connectivity index (χ0v) is 11.0. The van der Waals surface area contributed by atoms with Gasteiger partial charge in [-0.2, -0.15) is 13.2 Å². The van der Waals surface area contributed by atoms with E-state index in [-0.39, 0.29) is 22.6 Å². The van der Waals surface area contributed by atoms with Crippen LogP contribution in [0, 0.1) is 5.82 Å². The normalized spacial score (nSPS) is 11.6. The number of imidazole rings is 1. The largest absolute Gasteiger partial charge is 0.433 e. The molecule has 0 radical (unpaired) electrons. The van der Waals surface area contributed by atoms with Crippen LogP contribution >= 0.6 is 0 Å². The zero-order valence-electron chi connectivity index (χ0n) is 11.0. The quantitative estimate of drug-likeness (QED) is 0.717. The standard InChI is InChI=1S/C15H9F4N3/c16-11-6-2-1-5-10(11)14-21-12(9-4-3-7-20-8-9)13(22-14)15(17,18)19/h1-8H,(H,21,22). The highest BCUT2D eigenvalue weighted by atomic mass is 19.4. The first kappa shape index (κ1) is 14.2. The van der Waals surface area contributed by atoms with Gasteiger partial charge in [-0.05, 0) is 24.3 Å². The number of aromatic amines is 1. The second-order valence-corrected chi connectivity index (χ2v) is 4.53. The summed E-state index contributed by atoms with van der Waals surface area (Å²) >= 11 is 0. The summed E-state index contributed by atoms with van der Waals surface area (Å²) in [5, 5.41) is 0. The second kappa shape index (κ2) is 5.25. The number of nitrogens with one attached hydrogen (secondary N) is 1. The molecule has 0 aliphatic heterocycles. The van der Waals surface area contributed by atoms with Crippen LogP contribution in [-0.2, 0) is 6.18 Å². The number of benzene rings is 1. The van der Waals surface area contributed by atoms with E-state index in [1.165, 1.54) is 42.7 Å². The average Bonchev–Trinajstić information content (AvgIpc) is 2.94. The maximum Gasteiger partial charge on any atom is 0.433 e. The topological polar surface area (TPSA) is 41.6 Å². The van der Waals surface area contributed by atoms with E-state index in [0.717, 1.165) is 6.07 Å². The lowest BCUT2D eigenvalue weighted by atomic mass is 10.1. The van der Waals surface area contributed by atoms with E-state index in [1.54, 1.807) is 0 Å². The number of nitrogens with zero attached hydrogens (tertiary/aromatic N) is 2. The average molecular weight is 307 g/mol. The van der Waals surface area contributed by atoms with Gasteiger partial charge in [0.05, 0.1) is 5.56 Å². The summed E-state index contributed by atoms with van der Waals surface area (Å²) in [7, 11) is 0. The Morgan fingerprint density at radius 2 is 1.77 bits per heavy atom. The summed E-state index contributed by atoms with van der Waals surface area (Å²) in [6.45, 7) is 0. The van der Waals surface area contributed by atoms with Crippen LogP contribution in [0.5, 0.6) is 0 Å². The molecule has 1 aromatic carbocycles. The van der Waals surface area contributed by atoms with E-state index in [4.69, 9.17) is 0 Å². The lowest BCUT2D eigenvalue weighted by Gasteiger charge is -2.05. The van der Waals surface area contributed by atoms with Gasteiger partial charge in [0.2, 0.25) is 0 Å². The van der Waals surface area contributed by atoms with E-state index in [0.29, 0.717) is 0 Å². The summed E-state index contributed by atoms with van der Waals surface area (Å²) in [4.78, 5) is 9.88.